The number of aromatic nitrogens is 3. The maximum absolute atomic E-state index is 13.1. The molecule has 168 valence electrons. The first-order valence-corrected chi connectivity index (χ1v) is 10.7. The number of ether oxygens (including phenoxy) is 3. The van der Waals surface area contributed by atoms with Gasteiger partial charge in [-0.3, -0.25) is 9.78 Å². The van der Waals surface area contributed by atoms with Gasteiger partial charge in [0.05, 0.1) is 25.7 Å². The van der Waals surface area contributed by atoms with Crippen LogP contribution in [0.1, 0.15) is 42.9 Å². The average molecular weight is 438 g/mol. The van der Waals surface area contributed by atoms with Crippen LogP contribution in [0.5, 0.6) is 17.2 Å². The van der Waals surface area contributed by atoms with Gasteiger partial charge >= 0.3 is 0 Å². The van der Waals surface area contributed by atoms with Crippen molar-refractivity contribution in [3.63, 3.8) is 0 Å². The van der Waals surface area contributed by atoms with Crippen LogP contribution in [-0.2, 0) is 0 Å². The Hall–Kier alpha value is -3.62. The van der Waals surface area contributed by atoms with Gasteiger partial charge < -0.3 is 23.6 Å². The molecule has 0 unspecified atom stereocenters. The minimum Gasteiger partial charge on any atom is -0.490 e. The smallest absolute Gasteiger partial charge is 0.254 e. The molecule has 9 heteroatoms. The van der Waals surface area contributed by atoms with Gasteiger partial charge in [0, 0.05) is 24.8 Å². The molecular formula is C23H26N4O5. The highest BCUT2D eigenvalue weighted by atomic mass is 16.5. The minimum atomic E-state index is -0.115. The molecular weight excluding hydrogens is 412 g/mol. The molecule has 4 rings (SSSR count). The van der Waals surface area contributed by atoms with Gasteiger partial charge in [0.1, 0.15) is 5.69 Å². The fraction of sp³-hybridized carbons (Fsp3) is 0.391. The van der Waals surface area contributed by atoms with E-state index in [1.165, 1.54) is 0 Å². The molecule has 3 heterocycles. The third-order valence-corrected chi connectivity index (χ3v) is 5.01. The number of rotatable bonds is 9. The van der Waals surface area contributed by atoms with Crippen LogP contribution in [0.15, 0.2) is 41.1 Å². The highest BCUT2D eigenvalue weighted by molar-refractivity contribution is 5.96. The van der Waals surface area contributed by atoms with Crippen LogP contribution in [0.4, 0.5) is 0 Å². The minimum absolute atomic E-state index is 0.00988. The Morgan fingerprint density at radius 3 is 2.34 bits per heavy atom. The zero-order valence-electron chi connectivity index (χ0n) is 18.4. The Balaban J connectivity index is 1.48. The molecule has 0 N–H and O–H groups in total. The normalized spacial score (nSPS) is 13.5. The first-order chi connectivity index (χ1) is 15.6. The lowest BCUT2D eigenvalue weighted by atomic mass is 9.98. The molecule has 2 aromatic heterocycles. The Morgan fingerprint density at radius 1 is 1.06 bits per heavy atom. The number of hydrogen-bond acceptors (Lipinski definition) is 8. The van der Waals surface area contributed by atoms with Gasteiger partial charge in [-0.25, -0.2) is 0 Å². The molecule has 1 aliphatic heterocycles. The summed E-state index contributed by atoms with van der Waals surface area (Å²) in [6.07, 6.45) is 1.68. The van der Waals surface area contributed by atoms with Gasteiger partial charge in [0.15, 0.2) is 11.5 Å². The molecule has 0 aliphatic carbocycles. The quantitative estimate of drug-likeness (QED) is 0.500. The van der Waals surface area contributed by atoms with Crippen molar-refractivity contribution < 1.29 is 23.5 Å². The SMILES string of the molecule is CCOc1cc(C(=O)N2CC(c3nc(-c4ccccn4)no3)C2)cc(OCC)c1OCC. The molecule has 9 nitrogen and oxygen atoms in total. The molecule has 0 spiro atoms. The van der Waals surface area contributed by atoms with Crippen molar-refractivity contribution in [2.75, 3.05) is 32.9 Å². The highest BCUT2D eigenvalue weighted by Crippen LogP contribution is 2.40. The van der Waals surface area contributed by atoms with Crippen molar-refractivity contribution >= 4 is 5.91 Å². The number of hydrogen-bond donors (Lipinski definition) is 0. The fourth-order valence-corrected chi connectivity index (χ4v) is 3.50. The van der Waals surface area contributed by atoms with Gasteiger partial charge in [-0.05, 0) is 45.0 Å². The second-order valence-corrected chi connectivity index (χ2v) is 7.18. The van der Waals surface area contributed by atoms with Crippen molar-refractivity contribution in [1.29, 1.82) is 0 Å². The van der Waals surface area contributed by atoms with Gasteiger partial charge in [-0.2, -0.15) is 4.98 Å². The molecule has 0 bridgehead atoms. The van der Waals surface area contributed by atoms with E-state index in [-0.39, 0.29) is 11.8 Å². The van der Waals surface area contributed by atoms with E-state index in [4.69, 9.17) is 18.7 Å². The highest BCUT2D eigenvalue weighted by Gasteiger charge is 2.36. The molecule has 0 saturated carbocycles. The Bertz CT molecular complexity index is 1040. The second kappa shape index (κ2) is 9.67. The van der Waals surface area contributed by atoms with Gasteiger partial charge in [-0.15, -0.1) is 0 Å². The van der Waals surface area contributed by atoms with E-state index < -0.39 is 0 Å². The van der Waals surface area contributed by atoms with Crippen LogP contribution in [0.2, 0.25) is 0 Å². The predicted molar refractivity (Wildman–Crippen MR) is 116 cm³/mol. The number of amides is 1. The average Bonchev–Trinajstić information content (AvgIpc) is 3.25. The molecule has 0 radical (unpaired) electrons. The van der Waals surface area contributed by atoms with E-state index in [0.29, 0.717) is 73.1 Å². The number of nitrogens with zero attached hydrogens (tertiary/aromatic N) is 4. The summed E-state index contributed by atoms with van der Waals surface area (Å²) in [4.78, 5) is 23.5. The zero-order chi connectivity index (χ0) is 22.5. The standard InChI is InChI=1S/C23H26N4O5/c1-4-29-18-11-15(12-19(30-5-2)20(18)31-6-3)23(28)27-13-16(14-27)22-25-21(26-32-22)17-9-7-8-10-24-17/h7-12,16H,4-6,13-14H2,1-3H3. The van der Waals surface area contributed by atoms with Crippen LogP contribution in [0, 0.1) is 0 Å². The third kappa shape index (κ3) is 4.37. The van der Waals surface area contributed by atoms with Gasteiger partial charge in [-0.1, -0.05) is 11.2 Å². The molecule has 1 amide bonds. The molecule has 0 atom stereocenters. The zero-order valence-corrected chi connectivity index (χ0v) is 18.4. The maximum Gasteiger partial charge on any atom is 0.254 e. The monoisotopic (exact) mass is 438 g/mol. The Labute approximate surface area is 186 Å². The number of benzene rings is 1. The number of carbonyl (C=O) groups is 1. The molecule has 1 saturated heterocycles. The topological polar surface area (TPSA) is 99.8 Å². The number of pyridine rings is 1. The Morgan fingerprint density at radius 2 is 1.75 bits per heavy atom. The van der Waals surface area contributed by atoms with E-state index >= 15 is 0 Å². The third-order valence-electron chi connectivity index (χ3n) is 5.01. The van der Waals surface area contributed by atoms with E-state index in [9.17, 15) is 4.79 Å². The second-order valence-electron chi connectivity index (χ2n) is 7.18. The van der Waals surface area contributed by atoms with Gasteiger partial charge in [0.25, 0.3) is 5.91 Å². The number of likely N-dealkylation sites (tertiary alicyclic amines) is 1. The molecule has 3 aromatic rings. The largest absolute Gasteiger partial charge is 0.490 e. The lowest BCUT2D eigenvalue weighted by Crippen LogP contribution is -2.48. The molecule has 1 aromatic carbocycles. The van der Waals surface area contributed by atoms with E-state index in [1.54, 1.807) is 23.2 Å². The van der Waals surface area contributed by atoms with Gasteiger partial charge in [0.2, 0.25) is 17.5 Å². The van der Waals surface area contributed by atoms with Crippen LogP contribution in [0.25, 0.3) is 11.5 Å². The lowest BCUT2D eigenvalue weighted by Gasteiger charge is -2.37. The first-order valence-electron chi connectivity index (χ1n) is 10.7. The number of carbonyl (C=O) groups excluding carboxylic acids is 1. The lowest BCUT2D eigenvalue weighted by molar-refractivity contribution is 0.0568. The summed E-state index contributed by atoms with van der Waals surface area (Å²) in [7, 11) is 0. The molecule has 32 heavy (non-hydrogen) atoms. The van der Waals surface area contributed by atoms with Crippen molar-refractivity contribution in [2.24, 2.45) is 0 Å². The van der Waals surface area contributed by atoms with E-state index in [2.05, 4.69) is 15.1 Å². The van der Waals surface area contributed by atoms with E-state index in [0.717, 1.165) is 0 Å². The first kappa shape index (κ1) is 21.6. The molecule has 1 fully saturated rings. The Kier molecular flexibility index (Phi) is 6.53. The van der Waals surface area contributed by atoms with Crippen molar-refractivity contribution in [3.05, 3.63) is 48.0 Å². The summed E-state index contributed by atoms with van der Waals surface area (Å²) in [5.74, 6) is 2.34. The van der Waals surface area contributed by atoms with Crippen LogP contribution in [0.3, 0.4) is 0 Å². The van der Waals surface area contributed by atoms with Crippen molar-refractivity contribution in [3.8, 4) is 28.8 Å². The summed E-state index contributed by atoms with van der Waals surface area (Å²) in [6, 6.07) is 8.93. The maximum atomic E-state index is 13.1. The summed E-state index contributed by atoms with van der Waals surface area (Å²) in [5, 5.41) is 4.01. The van der Waals surface area contributed by atoms with Crippen LogP contribution < -0.4 is 14.2 Å². The summed E-state index contributed by atoms with van der Waals surface area (Å²) >= 11 is 0. The van der Waals surface area contributed by atoms with Crippen LogP contribution in [-0.4, -0.2) is 58.8 Å². The summed E-state index contributed by atoms with van der Waals surface area (Å²) in [6.45, 7) is 8.00. The van der Waals surface area contributed by atoms with Crippen LogP contribution >= 0.6 is 0 Å². The summed E-state index contributed by atoms with van der Waals surface area (Å²) < 4.78 is 22.6. The van der Waals surface area contributed by atoms with E-state index in [1.807, 2.05) is 39.0 Å². The molecule has 1 aliphatic rings. The fourth-order valence-electron chi connectivity index (χ4n) is 3.50. The predicted octanol–water partition coefficient (Wildman–Crippen LogP) is 3.57. The van der Waals surface area contributed by atoms with Crippen molar-refractivity contribution in [1.82, 2.24) is 20.0 Å². The summed E-state index contributed by atoms with van der Waals surface area (Å²) in [5.41, 5.74) is 1.13. The van der Waals surface area contributed by atoms with Crippen molar-refractivity contribution in [2.45, 2.75) is 26.7 Å².